The van der Waals surface area contributed by atoms with Crippen molar-refractivity contribution in [3.63, 3.8) is 0 Å². The molecule has 3 amide bonds. The SMILES string of the molecule is C=CCn1c(S[C@H](C)C(=O)NC(=O)NCC)nc2sc(CC)cc2c1=O. The highest BCUT2D eigenvalue weighted by Gasteiger charge is 2.21. The number of aromatic nitrogens is 2. The second-order valence-electron chi connectivity index (χ2n) is 5.49. The number of thioether (sulfide) groups is 1. The van der Waals surface area contributed by atoms with Crippen molar-refractivity contribution in [3.8, 4) is 0 Å². The number of nitrogens with one attached hydrogen (secondary N) is 2. The summed E-state index contributed by atoms with van der Waals surface area (Å²) in [4.78, 5) is 42.8. The van der Waals surface area contributed by atoms with Crippen molar-refractivity contribution in [2.75, 3.05) is 6.54 Å². The number of rotatable bonds is 7. The third-order valence-electron chi connectivity index (χ3n) is 3.55. The van der Waals surface area contributed by atoms with E-state index < -0.39 is 17.2 Å². The van der Waals surface area contributed by atoms with Gasteiger partial charge in [0.15, 0.2) is 5.16 Å². The van der Waals surface area contributed by atoms with E-state index in [9.17, 15) is 14.4 Å². The van der Waals surface area contributed by atoms with E-state index in [0.29, 0.717) is 28.5 Å². The first-order chi connectivity index (χ1) is 12.4. The number of urea groups is 1. The number of fused-ring (bicyclic) bond motifs is 1. The van der Waals surface area contributed by atoms with Crippen molar-refractivity contribution < 1.29 is 9.59 Å². The van der Waals surface area contributed by atoms with Crippen molar-refractivity contribution in [3.05, 3.63) is 34.0 Å². The van der Waals surface area contributed by atoms with Crippen LogP contribution < -0.4 is 16.2 Å². The van der Waals surface area contributed by atoms with E-state index in [1.54, 1.807) is 19.9 Å². The van der Waals surface area contributed by atoms with E-state index in [4.69, 9.17) is 0 Å². The number of carbonyl (C=O) groups is 2. The average Bonchev–Trinajstić information content (AvgIpc) is 3.01. The van der Waals surface area contributed by atoms with Crippen LogP contribution in [0.2, 0.25) is 0 Å². The Hall–Kier alpha value is -2.13. The summed E-state index contributed by atoms with van der Waals surface area (Å²) >= 11 is 2.62. The molecule has 7 nitrogen and oxygen atoms in total. The van der Waals surface area contributed by atoms with Crippen molar-refractivity contribution in [1.82, 2.24) is 20.2 Å². The highest BCUT2D eigenvalue weighted by atomic mass is 32.2. The van der Waals surface area contributed by atoms with Crippen LogP contribution in [0, 0.1) is 0 Å². The molecule has 0 aliphatic rings. The maximum atomic E-state index is 12.8. The summed E-state index contributed by atoms with van der Waals surface area (Å²) in [6.07, 6.45) is 2.45. The molecule has 26 heavy (non-hydrogen) atoms. The van der Waals surface area contributed by atoms with Gasteiger partial charge >= 0.3 is 6.03 Å². The van der Waals surface area contributed by atoms with Gasteiger partial charge < -0.3 is 5.32 Å². The van der Waals surface area contributed by atoms with E-state index >= 15 is 0 Å². The van der Waals surface area contributed by atoms with Gasteiger partial charge in [-0.15, -0.1) is 17.9 Å². The number of allylic oxidation sites excluding steroid dienone is 1. The molecular weight excluding hydrogens is 372 g/mol. The Morgan fingerprint density at radius 2 is 2.19 bits per heavy atom. The summed E-state index contributed by atoms with van der Waals surface area (Å²) in [5.74, 6) is -0.444. The average molecular weight is 395 g/mol. The van der Waals surface area contributed by atoms with Gasteiger partial charge in [-0.3, -0.25) is 19.5 Å². The number of imide groups is 1. The summed E-state index contributed by atoms with van der Waals surface area (Å²) in [5.41, 5.74) is -0.148. The van der Waals surface area contributed by atoms with Gasteiger partial charge in [-0.05, 0) is 26.3 Å². The van der Waals surface area contributed by atoms with Gasteiger partial charge in [0, 0.05) is 18.0 Å². The summed E-state index contributed by atoms with van der Waals surface area (Å²) in [7, 11) is 0. The second kappa shape index (κ2) is 9.00. The van der Waals surface area contributed by atoms with Gasteiger partial charge in [-0.25, -0.2) is 9.78 Å². The Balaban J connectivity index is 2.33. The first-order valence-corrected chi connectivity index (χ1v) is 10.00. The lowest BCUT2D eigenvalue weighted by molar-refractivity contribution is -0.119. The lowest BCUT2D eigenvalue weighted by Crippen LogP contribution is -2.42. The normalized spacial score (nSPS) is 12.0. The van der Waals surface area contributed by atoms with Gasteiger partial charge in [-0.2, -0.15) is 0 Å². The molecule has 0 saturated carbocycles. The summed E-state index contributed by atoms with van der Waals surface area (Å²) in [5, 5.41) is 5.20. The third kappa shape index (κ3) is 4.53. The molecule has 0 spiro atoms. The number of hydrogen-bond acceptors (Lipinski definition) is 6. The minimum absolute atomic E-state index is 0.148. The molecule has 0 bridgehead atoms. The van der Waals surface area contributed by atoms with Gasteiger partial charge in [0.2, 0.25) is 5.91 Å². The molecule has 2 rings (SSSR count). The molecule has 2 aromatic heterocycles. The number of amides is 3. The maximum Gasteiger partial charge on any atom is 0.321 e. The zero-order chi connectivity index (χ0) is 19.3. The number of hydrogen-bond donors (Lipinski definition) is 2. The molecule has 0 aliphatic carbocycles. The van der Waals surface area contributed by atoms with E-state index in [1.165, 1.54) is 15.9 Å². The zero-order valence-electron chi connectivity index (χ0n) is 15.0. The predicted octanol–water partition coefficient (Wildman–Crippen LogP) is 2.53. The standard InChI is InChI=1S/C17H22N4O3S2/c1-5-8-21-15(23)12-9-11(6-2)26-14(12)20-17(21)25-10(4)13(22)19-16(24)18-7-3/h5,9-10H,1,6-8H2,2-4H3,(H2,18,19,22,24)/t10-/m1/s1. The van der Waals surface area contributed by atoms with Crippen LogP contribution in [0.25, 0.3) is 10.2 Å². The highest BCUT2D eigenvalue weighted by molar-refractivity contribution is 8.00. The molecule has 2 aromatic rings. The molecule has 0 saturated heterocycles. The molecule has 1 atom stereocenters. The molecule has 9 heteroatoms. The lowest BCUT2D eigenvalue weighted by atomic mass is 10.3. The molecule has 2 N–H and O–H groups in total. The smallest absolute Gasteiger partial charge is 0.321 e. The van der Waals surface area contributed by atoms with Gasteiger partial charge in [0.25, 0.3) is 5.56 Å². The van der Waals surface area contributed by atoms with E-state index in [2.05, 4.69) is 22.2 Å². The van der Waals surface area contributed by atoms with Crippen LogP contribution >= 0.6 is 23.1 Å². The fourth-order valence-corrected chi connectivity index (χ4v) is 4.16. The van der Waals surface area contributed by atoms with Gasteiger partial charge in [-0.1, -0.05) is 24.8 Å². The molecule has 2 heterocycles. The summed E-state index contributed by atoms with van der Waals surface area (Å²) in [6, 6.07) is 1.33. The van der Waals surface area contributed by atoms with E-state index in [-0.39, 0.29) is 5.56 Å². The number of thiophene rings is 1. The Kier molecular flexibility index (Phi) is 6.98. The van der Waals surface area contributed by atoms with Crippen LogP contribution in [0.1, 0.15) is 25.6 Å². The Morgan fingerprint density at radius 1 is 1.46 bits per heavy atom. The maximum absolute atomic E-state index is 12.8. The molecule has 0 unspecified atom stereocenters. The fraction of sp³-hybridized carbons (Fsp3) is 0.412. The fourth-order valence-electron chi connectivity index (χ4n) is 2.23. The Bertz CT molecular complexity index is 888. The van der Waals surface area contributed by atoms with Crippen molar-refractivity contribution in [2.45, 2.75) is 44.1 Å². The largest absolute Gasteiger partial charge is 0.338 e. The van der Waals surface area contributed by atoms with Gasteiger partial charge in [0.05, 0.1) is 10.6 Å². The molecule has 0 radical (unpaired) electrons. The Morgan fingerprint density at radius 3 is 2.81 bits per heavy atom. The quantitative estimate of drug-likeness (QED) is 0.428. The number of aryl methyl sites for hydroxylation is 1. The van der Waals surface area contributed by atoms with Crippen LogP contribution in [-0.4, -0.2) is 33.3 Å². The predicted molar refractivity (Wildman–Crippen MR) is 106 cm³/mol. The van der Waals surface area contributed by atoms with Crippen molar-refractivity contribution in [2.24, 2.45) is 0 Å². The minimum atomic E-state index is -0.594. The van der Waals surface area contributed by atoms with Crippen LogP contribution in [0.15, 0.2) is 28.7 Å². The Labute approximate surface area is 159 Å². The number of carbonyl (C=O) groups excluding carboxylic acids is 2. The third-order valence-corrected chi connectivity index (χ3v) is 5.82. The first-order valence-electron chi connectivity index (χ1n) is 8.30. The number of nitrogens with zero attached hydrogens (tertiary/aromatic N) is 2. The molecule has 140 valence electrons. The van der Waals surface area contributed by atoms with Gasteiger partial charge in [0.1, 0.15) is 4.83 Å². The summed E-state index contributed by atoms with van der Waals surface area (Å²) < 4.78 is 1.50. The van der Waals surface area contributed by atoms with Crippen LogP contribution in [-0.2, 0) is 17.8 Å². The van der Waals surface area contributed by atoms with E-state index in [1.807, 2.05) is 13.0 Å². The highest BCUT2D eigenvalue weighted by Crippen LogP contribution is 2.27. The molecule has 0 aliphatic heterocycles. The molecule has 0 aromatic carbocycles. The van der Waals surface area contributed by atoms with Crippen LogP contribution in [0.4, 0.5) is 4.79 Å². The first kappa shape index (κ1) is 20.2. The lowest BCUT2D eigenvalue weighted by Gasteiger charge is -2.14. The van der Waals surface area contributed by atoms with Crippen molar-refractivity contribution >= 4 is 45.3 Å². The van der Waals surface area contributed by atoms with E-state index in [0.717, 1.165) is 23.1 Å². The molecular formula is C17H22N4O3S2. The molecule has 0 fully saturated rings. The van der Waals surface area contributed by atoms with Crippen molar-refractivity contribution in [1.29, 1.82) is 0 Å². The van der Waals surface area contributed by atoms with Crippen LogP contribution in [0.3, 0.4) is 0 Å². The second-order valence-corrected chi connectivity index (χ2v) is 7.92. The topological polar surface area (TPSA) is 93.1 Å². The minimum Gasteiger partial charge on any atom is -0.338 e. The van der Waals surface area contributed by atoms with Crippen LogP contribution in [0.5, 0.6) is 0 Å². The zero-order valence-corrected chi connectivity index (χ0v) is 16.6. The monoisotopic (exact) mass is 394 g/mol. The summed E-state index contributed by atoms with van der Waals surface area (Å²) in [6.45, 7) is 9.87.